The molecule has 0 radical (unpaired) electrons. The van der Waals surface area contributed by atoms with E-state index in [1.807, 2.05) is 0 Å². The van der Waals surface area contributed by atoms with Gasteiger partial charge in [-0.1, -0.05) is 25.9 Å². The van der Waals surface area contributed by atoms with Gasteiger partial charge < -0.3 is 9.84 Å². The Labute approximate surface area is 103 Å². The molecule has 0 aliphatic carbocycles. The molecule has 1 aromatic rings. The highest BCUT2D eigenvalue weighted by molar-refractivity contribution is 5.25. The smallest absolute Gasteiger partial charge is 0.142 e. The molecule has 0 saturated heterocycles. The molecular formula is C13H23N3O. The molecular weight excluding hydrogens is 214 g/mol. The Hall–Kier alpha value is -0.870. The number of aromatic nitrogens is 1. The van der Waals surface area contributed by atoms with E-state index < -0.39 is 0 Å². The molecule has 0 fully saturated rings. The van der Waals surface area contributed by atoms with Crippen LogP contribution in [-0.4, -0.2) is 29.7 Å². The molecule has 96 valence electrons. The molecule has 1 N–H and O–H groups in total. The van der Waals surface area contributed by atoms with E-state index in [2.05, 4.69) is 36.1 Å². The van der Waals surface area contributed by atoms with Crippen molar-refractivity contribution in [2.45, 2.75) is 40.3 Å². The first-order valence-electron chi connectivity index (χ1n) is 6.60. The maximum Gasteiger partial charge on any atom is 0.142 e. The Bertz CT molecular complexity index is 360. The average molecular weight is 237 g/mol. The van der Waals surface area contributed by atoms with E-state index in [4.69, 9.17) is 4.52 Å². The number of fused-ring (bicyclic) bond motifs is 1. The van der Waals surface area contributed by atoms with Gasteiger partial charge in [0.15, 0.2) is 0 Å². The largest absolute Gasteiger partial charge is 0.361 e. The lowest BCUT2D eigenvalue weighted by molar-refractivity contribution is 0.213. The Balaban J connectivity index is 2.03. The van der Waals surface area contributed by atoms with Crippen molar-refractivity contribution in [3.63, 3.8) is 0 Å². The summed E-state index contributed by atoms with van der Waals surface area (Å²) in [4.78, 5) is 2.50. The first-order chi connectivity index (χ1) is 8.20. The summed E-state index contributed by atoms with van der Waals surface area (Å²) in [7, 11) is 0. The highest BCUT2D eigenvalue weighted by Gasteiger charge is 2.23. The minimum atomic E-state index is 0.716. The predicted octanol–water partition coefficient (Wildman–Crippen LogP) is 1.80. The number of hydrogen-bond acceptors (Lipinski definition) is 4. The lowest BCUT2D eigenvalue weighted by atomic mass is 10.0. The van der Waals surface area contributed by atoms with E-state index in [-0.39, 0.29) is 0 Å². The van der Waals surface area contributed by atoms with Crippen molar-refractivity contribution in [3.8, 4) is 0 Å². The Morgan fingerprint density at radius 2 is 2.29 bits per heavy atom. The van der Waals surface area contributed by atoms with E-state index in [0.717, 1.165) is 50.6 Å². The summed E-state index contributed by atoms with van der Waals surface area (Å²) in [5.74, 6) is 1.81. The summed E-state index contributed by atoms with van der Waals surface area (Å²) in [5.41, 5.74) is 2.41. The van der Waals surface area contributed by atoms with Crippen molar-refractivity contribution in [1.82, 2.24) is 15.4 Å². The van der Waals surface area contributed by atoms with Gasteiger partial charge >= 0.3 is 0 Å². The van der Waals surface area contributed by atoms with E-state index in [0.29, 0.717) is 5.92 Å². The average Bonchev–Trinajstić information content (AvgIpc) is 2.68. The van der Waals surface area contributed by atoms with E-state index >= 15 is 0 Å². The van der Waals surface area contributed by atoms with E-state index in [1.54, 1.807) is 0 Å². The fourth-order valence-corrected chi connectivity index (χ4v) is 2.37. The summed E-state index contributed by atoms with van der Waals surface area (Å²) >= 11 is 0. The van der Waals surface area contributed by atoms with Crippen LogP contribution in [0, 0.1) is 5.92 Å². The normalized spacial score (nSPS) is 16.5. The molecule has 0 unspecified atom stereocenters. The van der Waals surface area contributed by atoms with Crippen LogP contribution in [0.15, 0.2) is 4.52 Å². The molecule has 1 aliphatic heterocycles. The monoisotopic (exact) mass is 237 g/mol. The third-order valence-corrected chi connectivity index (χ3v) is 3.15. The molecule has 1 aliphatic rings. The molecule has 1 aromatic heterocycles. The van der Waals surface area contributed by atoms with Crippen LogP contribution in [0.3, 0.4) is 0 Å². The standard InChI is InChI=1S/C13H23N3O/c1-4-14-7-12-11-9-16(8-10(2)3)6-5-13(11)17-15-12/h10,14H,4-9H2,1-3H3. The van der Waals surface area contributed by atoms with Gasteiger partial charge in [-0.3, -0.25) is 4.90 Å². The lowest BCUT2D eigenvalue weighted by Crippen LogP contribution is -2.33. The summed E-state index contributed by atoms with van der Waals surface area (Å²) in [6, 6.07) is 0. The summed E-state index contributed by atoms with van der Waals surface area (Å²) in [6.07, 6.45) is 1.00. The SMILES string of the molecule is CCNCc1noc2c1CN(CC(C)C)CC2. The third-order valence-electron chi connectivity index (χ3n) is 3.15. The quantitative estimate of drug-likeness (QED) is 0.848. The van der Waals surface area contributed by atoms with E-state index in [9.17, 15) is 0 Å². The lowest BCUT2D eigenvalue weighted by Gasteiger charge is -2.27. The molecule has 0 spiro atoms. The molecule has 17 heavy (non-hydrogen) atoms. The van der Waals surface area contributed by atoms with Gasteiger partial charge in [0.05, 0.1) is 0 Å². The number of rotatable bonds is 5. The van der Waals surface area contributed by atoms with Crippen molar-refractivity contribution in [2.75, 3.05) is 19.6 Å². The van der Waals surface area contributed by atoms with Gasteiger partial charge in [0.1, 0.15) is 11.5 Å². The zero-order valence-corrected chi connectivity index (χ0v) is 11.1. The van der Waals surface area contributed by atoms with Crippen molar-refractivity contribution < 1.29 is 4.52 Å². The second kappa shape index (κ2) is 5.65. The topological polar surface area (TPSA) is 41.3 Å². The second-order valence-corrected chi connectivity index (χ2v) is 5.19. The van der Waals surface area contributed by atoms with Gasteiger partial charge in [-0.05, 0) is 12.5 Å². The summed E-state index contributed by atoms with van der Waals surface area (Å²) in [5, 5.41) is 7.50. The van der Waals surface area contributed by atoms with Gasteiger partial charge in [-0.15, -0.1) is 0 Å². The fourth-order valence-electron chi connectivity index (χ4n) is 2.37. The summed E-state index contributed by atoms with van der Waals surface area (Å²) in [6.45, 7) is 11.7. The zero-order valence-electron chi connectivity index (χ0n) is 11.1. The minimum Gasteiger partial charge on any atom is -0.361 e. The third kappa shape index (κ3) is 3.07. The van der Waals surface area contributed by atoms with Crippen molar-refractivity contribution in [1.29, 1.82) is 0 Å². The molecule has 0 bridgehead atoms. The molecule has 0 amide bonds. The van der Waals surface area contributed by atoms with Crippen LogP contribution in [0.4, 0.5) is 0 Å². The second-order valence-electron chi connectivity index (χ2n) is 5.19. The highest BCUT2D eigenvalue weighted by Crippen LogP contribution is 2.22. The van der Waals surface area contributed by atoms with Crippen molar-refractivity contribution >= 4 is 0 Å². The molecule has 2 heterocycles. The van der Waals surface area contributed by atoms with Gasteiger partial charge in [0, 0.05) is 38.2 Å². The predicted molar refractivity (Wildman–Crippen MR) is 67.7 cm³/mol. The molecule has 4 heteroatoms. The van der Waals surface area contributed by atoms with Crippen LogP contribution in [0.5, 0.6) is 0 Å². The first-order valence-corrected chi connectivity index (χ1v) is 6.60. The van der Waals surface area contributed by atoms with Gasteiger partial charge in [0.25, 0.3) is 0 Å². The van der Waals surface area contributed by atoms with E-state index in [1.165, 1.54) is 5.56 Å². The number of nitrogens with one attached hydrogen (secondary N) is 1. The first kappa shape index (κ1) is 12.6. The Morgan fingerprint density at radius 3 is 3.00 bits per heavy atom. The summed E-state index contributed by atoms with van der Waals surface area (Å²) < 4.78 is 5.42. The Morgan fingerprint density at radius 1 is 1.47 bits per heavy atom. The van der Waals surface area contributed by atoms with Crippen LogP contribution < -0.4 is 5.32 Å². The van der Waals surface area contributed by atoms with Gasteiger partial charge in [-0.25, -0.2) is 0 Å². The van der Waals surface area contributed by atoms with Crippen LogP contribution in [0.2, 0.25) is 0 Å². The Kier molecular flexibility index (Phi) is 4.18. The minimum absolute atomic E-state index is 0.716. The van der Waals surface area contributed by atoms with Gasteiger partial charge in [0.2, 0.25) is 0 Å². The number of hydrogen-bond donors (Lipinski definition) is 1. The zero-order chi connectivity index (χ0) is 12.3. The molecule has 0 atom stereocenters. The van der Waals surface area contributed by atoms with Crippen LogP contribution in [0.25, 0.3) is 0 Å². The van der Waals surface area contributed by atoms with Crippen LogP contribution >= 0.6 is 0 Å². The maximum absolute atomic E-state index is 5.42. The van der Waals surface area contributed by atoms with Crippen molar-refractivity contribution in [2.24, 2.45) is 5.92 Å². The van der Waals surface area contributed by atoms with Crippen LogP contribution in [-0.2, 0) is 19.5 Å². The molecule has 0 aromatic carbocycles. The molecule has 2 rings (SSSR count). The highest BCUT2D eigenvalue weighted by atomic mass is 16.5. The fraction of sp³-hybridized carbons (Fsp3) is 0.769. The maximum atomic E-state index is 5.42. The van der Waals surface area contributed by atoms with Crippen molar-refractivity contribution in [3.05, 3.63) is 17.0 Å². The van der Waals surface area contributed by atoms with Crippen LogP contribution in [0.1, 0.15) is 37.8 Å². The number of nitrogens with zero attached hydrogens (tertiary/aromatic N) is 2. The molecule has 0 saturated carbocycles. The molecule has 4 nitrogen and oxygen atoms in total. The van der Waals surface area contributed by atoms with Gasteiger partial charge in [-0.2, -0.15) is 0 Å².